The molecular weight excluding hydrogens is 328 g/mol. The third kappa shape index (κ3) is 3.05. The highest BCUT2D eigenvalue weighted by Gasteiger charge is 2.08. The van der Waals surface area contributed by atoms with Gasteiger partial charge in [0.25, 0.3) is 0 Å². The Morgan fingerprint density at radius 3 is 2.60 bits per heavy atom. The van der Waals surface area contributed by atoms with Crippen LogP contribution in [-0.2, 0) is 11.3 Å². The third-order valence-electron chi connectivity index (χ3n) is 2.71. The first-order valence-corrected chi connectivity index (χ1v) is 6.58. The first-order valence-electron chi connectivity index (χ1n) is 5.79. The summed E-state index contributed by atoms with van der Waals surface area (Å²) < 4.78 is 3.12. The Hall–Kier alpha value is -2.15. The van der Waals surface area contributed by atoms with Crippen LogP contribution in [0.3, 0.4) is 0 Å². The number of hydrogen-bond donors (Lipinski definition) is 1. The van der Waals surface area contributed by atoms with Crippen molar-refractivity contribution in [1.29, 1.82) is 0 Å². The van der Waals surface area contributed by atoms with E-state index >= 15 is 0 Å². The summed E-state index contributed by atoms with van der Waals surface area (Å²) in [5, 5.41) is 8.59. The number of aromatic nitrogens is 2. The van der Waals surface area contributed by atoms with Crippen LogP contribution >= 0.6 is 15.9 Å². The fourth-order valence-corrected chi connectivity index (χ4v) is 2.12. The fourth-order valence-electron chi connectivity index (χ4n) is 1.73. The summed E-state index contributed by atoms with van der Waals surface area (Å²) in [6.07, 6.45) is 2.65. The highest BCUT2D eigenvalue weighted by molar-refractivity contribution is 9.10. The average molecular weight is 339 g/mol. The van der Waals surface area contributed by atoms with Crippen molar-refractivity contribution >= 4 is 21.9 Å². The Morgan fingerprint density at radius 2 is 1.95 bits per heavy atom. The lowest BCUT2D eigenvalue weighted by Gasteiger charge is -2.08. The lowest BCUT2D eigenvalue weighted by Crippen LogP contribution is -2.40. The van der Waals surface area contributed by atoms with Crippen molar-refractivity contribution in [2.45, 2.75) is 13.0 Å². The first kappa shape index (κ1) is 14.3. The maximum atomic E-state index is 12.0. The zero-order chi connectivity index (χ0) is 14.7. The van der Waals surface area contributed by atoms with Gasteiger partial charge in [0.05, 0.1) is 6.42 Å². The Kier molecular flexibility index (Phi) is 4.19. The minimum Gasteiger partial charge on any atom is -0.481 e. The highest BCUT2D eigenvalue weighted by atomic mass is 79.9. The van der Waals surface area contributed by atoms with Crippen LogP contribution in [0, 0.1) is 0 Å². The molecule has 0 fully saturated rings. The van der Waals surface area contributed by atoms with Crippen molar-refractivity contribution in [3.8, 4) is 5.69 Å². The molecule has 2 aromatic rings. The number of carboxylic acid groups (broad SMARTS) is 1. The molecule has 0 radical (unpaired) electrons. The minimum atomic E-state index is -1.02. The van der Waals surface area contributed by atoms with Crippen molar-refractivity contribution in [3.63, 3.8) is 0 Å². The van der Waals surface area contributed by atoms with E-state index < -0.39 is 17.1 Å². The average Bonchev–Trinajstić information content (AvgIpc) is 2.40. The van der Waals surface area contributed by atoms with Gasteiger partial charge in [0.2, 0.25) is 0 Å². The highest BCUT2D eigenvalue weighted by Crippen LogP contribution is 2.13. The monoisotopic (exact) mass is 338 g/mol. The Bertz CT molecular complexity index is 763. The van der Waals surface area contributed by atoms with Crippen molar-refractivity contribution in [2.75, 3.05) is 0 Å². The summed E-state index contributed by atoms with van der Waals surface area (Å²) in [5.41, 5.74) is -0.892. The lowest BCUT2D eigenvalue weighted by molar-refractivity contribution is -0.137. The molecule has 104 valence electrons. The molecule has 0 bridgehead atoms. The van der Waals surface area contributed by atoms with Gasteiger partial charge in [-0.3, -0.25) is 19.0 Å². The van der Waals surface area contributed by atoms with Gasteiger partial charge in [-0.2, -0.15) is 0 Å². The molecule has 2 rings (SSSR count). The zero-order valence-electron chi connectivity index (χ0n) is 10.3. The molecule has 1 aromatic carbocycles. The van der Waals surface area contributed by atoms with Gasteiger partial charge in [0.15, 0.2) is 0 Å². The SMILES string of the molecule is O=C(O)CCn1ccn(-c2cccc(Br)c2)c(=O)c1=O. The molecule has 20 heavy (non-hydrogen) atoms. The van der Waals surface area contributed by atoms with Crippen LogP contribution in [0.1, 0.15) is 6.42 Å². The molecule has 0 aliphatic carbocycles. The van der Waals surface area contributed by atoms with Gasteiger partial charge in [-0.15, -0.1) is 0 Å². The van der Waals surface area contributed by atoms with Gasteiger partial charge in [-0.1, -0.05) is 22.0 Å². The molecule has 0 aliphatic heterocycles. The lowest BCUT2D eigenvalue weighted by atomic mass is 10.3. The molecule has 1 N–H and O–H groups in total. The third-order valence-corrected chi connectivity index (χ3v) is 3.20. The number of carbonyl (C=O) groups is 1. The molecule has 1 heterocycles. The number of hydrogen-bond acceptors (Lipinski definition) is 3. The van der Waals surface area contributed by atoms with Crippen LogP contribution in [0.4, 0.5) is 0 Å². The number of nitrogens with zero attached hydrogens (tertiary/aromatic N) is 2. The second-order valence-corrected chi connectivity index (χ2v) is 5.01. The second kappa shape index (κ2) is 5.87. The van der Waals surface area contributed by atoms with Crippen molar-refractivity contribution in [2.24, 2.45) is 0 Å². The molecule has 0 atom stereocenters. The molecule has 0 aliphatic rings. The summed E-state index contributed by atoms with van der Waals surface area (Å²) in [6, 6.07) is 6.97. The van der Waals surface area contributed by atoms with Crippen molar-refractivity contribution < 1.29 is 9.90 Å². The summed E-state index contributed by atoms with van der Waals surface area (Å²) >= 11 is 3.29. The topological polar surface area (TPSA) is 81.3 Å². The molecule has 0 spiro atoms. The summed E-state index contributed by atoms with van der Waals surface area (Å²) in [5.74, 6) is -1.02. The standard InChI is InChI=1S/C13H11BrN2O4/c14-9-2-1-3-10(8-9)16-7-6-15(5-4-11(17)18)12(19)13(16)20/h1-3,6-8H,4-5H2,(H,17,18). The van der Waals surface area contributed by atoms with E-state index in [0.717, 1.165) is 9.04 Å². The molecule has 0 saturated heterocycles. The van der Waals surface area contributed by atoms with Crippen LogP contribution in [0.5, 0.6) is 0 Å². The van der Waals surface area contributed by atoms with Crippen LogP contribution in [-0.4, -0.2) is 20.2 Å². The predicted molar refractivity (Wildman–Crippen MR) is 76.3 cm³/mol. The molecule has 0 amide bonds. The number of carboxylic acids is 1. The zero-order valence-corrected chi connectivity index (χ0v) is 11.9. The number of aryl methyl sites for hydroxylation is 1. The maximum Gasteiger partial charge on any atom is 0.320 e. The fraction of sp³-hybridized carbons (Fsp3) is 0.154. The first-order chi connectivity index (χ1) is 9.49. The Labute approximate surface area is 122 Å². The smallest absolute Gasteiger partial charge is 0.320 e. The number of aliphatic carboxylic acids is 1. The van der Waals surface area contributed by atoms with E-state index in [4.69, 9.17) is 5.11 Å². The maximum absolute atomic E-state index is 12.0. The largest absolute Gasteiger partial charge is 0.481 e. The van der Waals surface area contributed by atoms with E-state index in [2.05, 4.69) is 15.9 Å². The number of rotatable bonds is 4. The van der Waals surface area contributed by atoms with E-state index in [-0.39, 0.29) is 13.0 Å². The van der Waals surface area contributed by atoms with E-state index in [1.807, 2.05) is 6.07 Å². The van der Waals surface area contributed by atoms with E-state index in [9.17, 15) is 14.4 Å². The van der Waals surface area contributed by atoms with Gasteiger partial charge >= 0.3 is 17.1 Å². The molecule has 0 saturated carbocycles. The van der Waals surface area contributed by atoms with E-state index in [0.29, 0.717) is 5.69 Å². The normalized spacial score (nSPS) is 10.4. The molecule has 1 aromatic heterocycles. The molecule has 0 unspecified atom stereocenters. The van der Waals surface area contributed by atoms with Gasteiger partial charge in [-0.05, 0) is 18.2 Å². The quantitative estimate of drug-likeness (QED) is 0.850. The summed E-state index contributed by atoms with van der Waals surface area (Å²) in [7, 11) is 0. The van der Waals surface area contributed by atoms with E-state index in [1.165, 1.54) is 17.0 Å². The van der Waals surface area contributed by atoms with Crippen LogP contribution < -0.4 is 11.1 Å². The molecule has 6 nitrogen and oxygen atoms in total. The molecule has 7 heteroatoms. The van der Waals surface area contributed by atoms with E-state index in [1.54, 1.807) is 18.2 Å². The van der Waals surface area contributed by atoms with Crippen LogP contribution in [0.15, 0.2) is 50.7 Å². The van der Waals surface area contributed by atoms with Crippen molar-refractivity contribution in [3.05, 3.63) is 61.8 Å². The van der Waals surface area contributed by atoms with Crippen molar-refractivity contribution in [1.82, 2.24) is 9.13 Å². The molecular formula is C13H11BrN2O4. The van der Waals surface area contributed by atoms with Gasteiger partial charge in [0, 0.05) is 29.1 Å². The van der Waals surface area contributed by atoms with Gasteiger partial charge in [-0.25, -0.2) is 0 Å². The second-order valence-electron chi connectivity index (χ2n) is 4.10. The summed E-state index contributed by atoms with van der Waals surface area (Å²) in [6.45, 7) is -0.0251. The number of halogens is 1. The van der Waals surface area contributed by atoms with Gasteiger partial charge in [0.1, 0.15) is 0 Å². The van der Waals surface area contributed by atoms with Crippen LogP contribution in [0.25, 0.3) is 5.69 Å². The minimum absolute atomic E-state index is 0.0251. The predicted octanol–water partition coefficient (Wildman–Crippen LogP) is 1.24. The summed E-state index contributed by atoms with van der Waals surface area (Å²) in [4.78, 5) is 34.4. The Morgan fingerprint density at radius 1 is 1.20 bits per heavy atom. The van der Waals surface area contributed by atoms with Crippen LogP contribution in [0.2, 0.25) is 0 Å². The number of benzene rings is 1. The van der Waals surface area contributed by atoms with Gasteiger partial charge < -0.3 is 9.67 Å². The Balaban J connectivity index is 2.44.